The van der Waals surface area contributed by atoms with Crippen molar-refractivity contribution in [3.63, 3.8) is 0 Å². The maximum absolute atomic E-state index is 13.1. The van der Waals surface area contributed by atoms with Crippen molar-refractivity contribution in [2.75, 3.05) is 0 Å². The van der Waals surface area contributed by atoms with Crippen LogP contribution in [0.1, 0.15) is 23.5 Å². The number of thioether (sulfide) groups is 1. The second kappa shape index (κ2) is 7.33. The summed E-state index contributed by atoms with van der Waals surface area (Å²) in [6.07, 6.45) is 0.198. The standard InChI is InChI=1S/C19H15FN2OS/c20-15-8-6-14(7-9-15)16-10-18(23)22-19(17(16)11-21)24-12-13-4-2-1-3-5-13/h1-9,16H,10,12H2,(H,22,23). The molecule has 1 amide bonds. The fourth-order valence-corrected chi connectivity index (χ4v) is 3.68. The van der Waals surface area contributed by atoms with E-state index in [1.54, 1.807) is 12.1 Å². The van der Waals surface area contributed by atoms with Gasteiger partial charge in [-0.05, 0) is 23.3 Å². The van der Waals surface area contributed by atoms with Gasteiger partial charge in [0.15, 0.2) is 0 Å². The van der Waals surface area contributed by atoms with Crippen LogP contribution in [0.2, 0.25) is 0 Å². The Hall–Kier alpha value is -2.58. The number of hydrogen-bond donors (Lipinski definition) is 1. The number of carbonyl (C=O) groups excluding carboxylic acids is 1. The molecule has 0 fully saturated rings. The minimum Gasteiger partial charge on any atom is -0.320 e. The highest BCUT2D eigenvalue weighted by Crippen LogP contribution is 2.36. The Morgan fingerprint density at radius 2 is 1.88 bits per heavy atom. The third-order valence-corrected chi connectivity index (χ3v) is 4.94. The molecular formula is C19H15FN2OS. The normalized spacial score (nSPS) is 17.3. The third kappa shape index (κ3) is 3.66. The van der Waals surface area contributed by atoms with Crippen LogP contribution < -0.4 is 5.32 Å². The van der Waals surface area contributed by atoms with Crippen LogP contribution in [0.5, 0.6) is 0 Å². The third-order valence-electron chi connectivity index (χ3n) is 3.85. The van der Waals surface area contributed by atoms with Crippen LogP contribution in [0.3, 0.4) is 0 Å². The van der Waals surface area contributed by atoms with E-state index in [1.165, 1.54) is 23.9 Å². The molecule has 1 atom stereocenters. The quantitative estimate of drug-likeness (QED) is 0.913. The highest BCUT2D eigenvalue weighted by Gasteiger charge is 2.29. The highest BCUT2D eigenvalue weighted by molar-refractivity contribution is 8.02. The van der Waals surface area contributed by atoms with Gasteiger partial charge in [0.2, 0.25) is 5.91 Å². The van der Waals surface area contributed by atoms with E-state index in [1.807, 2.05) is 30.3 Å². The number of rotatable bonds is 4. The van der Waals surface area contributed by atoms with Crippen molar-refractivity contribution in [3.05, 3.63) is 82.1 Å². The lowest BCUT2D eigenvalue weighted by molar-refractivity contribution is -0.120. The lowest BCUT2D eigenvalue weighted by atomic mass is 9.87. The van der Waals surface area contributed by atoms with Crippen LogP contribution in [0.25, 0.3) is 0 Å². The Bertz CT molecular complexity index is 810. The predicted octanol–water partition coefficient (Wildman–Crippen LogP) is 4.10. The average Bonchev–Trinajstić information content (AvgIpc) is 2.61. The first kappa shape index (κ1) is 16.3. The number of allylic oxidation sites excluding steroid dienone is 1. The summed E-state index contributed by atoms with van der Waals surface area (Å²) in [4.78, 5) is 12.1. The number of nitriles is 1. The van der Waals surface area contributed by atoms with Crippen LogP contribution >= 0.6 is 11.8 Å². The zero-order valence-corrected chi connectivity index (χ0v) is 13.6. The zero-order chi connectivity index (χ0) is 16.9. The predicted molar refractivity (Wildman–Crippen MR) is 92.3 cm³/mol. The maximum Gasteiger partial charge on any atom is 0.225 e. The summed E-state index contributed by atoms with van der Waals surface area (Å²) in [7, 11) is 0. The van der Waals surface area contributed by atoms with Crippen molar-refractivity contribution >= 4 is 17.7 Å². The second-order valence-electron chi connectivity index (χ2n) is 5.49. The fraction of sp³-hybridized carbons (Fsp3) is 0.158. The molecule has 0 saturated heterocycles. The lowest BCUT2D eigenvalue weighted by Gasteiger charge is -2.25. The van der Waals surface area contributed by atoms with E-state index in [0.29, 0.717) is 16.4 Å². The van der Waals surface area contributed by atoms with Crippen molar-refractivity contribution in [3.8, 4) is 6.07 Å². The van der Waals surface area contributed by atoms with Gasteiger partial charge >= 0.3 is 0 Å². The van der Waals surface area contributed by atoms with Gasteiger partial charge in [0.1, 0.15) is 5.82 Å². The summed E-state index contributed by atoms with van der Waals surface area (Å²) in [6.45, 7) is 0. The summed E-state index contributed by atoms with van der Waals surface area (Å²) in [5.74, 6) is -0.126. The van der Waals surface area contributed by atoms with Gasteiger partial charge in [-0.15, -0.1) is 11.8 Å². The van der Waals surface area contributed by atoms with E-state index in [0.717, 1.165) is 11.1 Å². The van der Waals surface area contributed by atoms with Gasteiger partial charge in [-0.25, -0.2) is 4.39 Å². The number of nitrogens with zero attached hydrogens (tertiary/aromatic N) is 1. The number of benzene rings is 2. The van der Waals surface area contributed by atoms with E-state index in [-0.39, 0.29) is 24.1 Å². The van der Waals surface area contributed by atoms with Crippen molar-refractivity contribution in [2.24, 2.45) is 0 Å². The first-order valence-electron chi connectivity index (χ1n) is 7.53. The van der Waals surface area contributed by atoms with E-state index in [4.69, 9.17) is 0 Å². The SMILES string of the molecule is N#CC1=C(SCc2ccccc2)NC(=O)CC1c1ccc(F)cc1. The first-order chi connectivity index (χ1) is 11.7. The molecule has 1 unspecified atom stereocenters. The Morgan fingerprint density at radius 3 is 2.54 bits per heavy atom. The van der Waals surface area contributed by atoms with Crippen LogP contribution in [0.15, 0.2) is 65.2 Å². The molecule has 5 heteroatoms. The summed E-state index contributed by atoms with van der Waals surface area (Å²) in [5, 5.41) is 13.0. The summed E-state index contributed by atoms with van der Waals surface area (Å²) in [5.41, 5.74) is 2.42. The van der Waals surface area contributed by atoms with E-state index < -0.39 is 0 Å². The molecule has 0 spiro atoms. The minimum atomic E-state index is -0.333. The molecule has 0 saturated carbocycles. The first-order valence-corrected chi connectivity index (χ1v) is 8.52. The molecule has 120 valence electrons. The monoisotopic (exact) mass is 338 g/mol. The van der Waals surface area contributed by atoms with Crippen molar-refractivity contribution in [1.29, 1.82) is 5.26 Å². The van der Waals surface area contributed by atoms with Gasteiger partial charge in [-0.3, -0.25) is 4.79 Å². The largest absolute Gasteiger partial charge is 0.320 e. The number of hydrogen-bond acceptors (Lipinski definition) is 3. The molecule has 1 aliphatic rings. The summed E-state index contributed by atoms with van der Waals surface area (Å²) < 4.78 is 13.1. The van der Waals surface area contributed by atoms with Gasteiger partial charge in [0, 0.05) is 18.1 Å². The average molecular weight is 338 g/mol. The number of amides is 1. The molecule has 1 aliphatic heterocycles. The van der Waals surface area contributed by atoms with Gasteiger partial charge < -0.3 is 5.32 Å². The number of nitrogens with one attached hydrogen (secondary N) is 1. The lowest BCUT2D eigenvalue weighted by Crippen LogP contribution is -2.30. The Kier molecular flexibility index (Phi) is 4.97. The number of halogens is 1. The molecule has 2 aromatic rings. The Labute approximate surface area is 144 Å². The molecule has 3 nitrogen and oxygen atoms in total. The second-order valence-corrected chi connectivity index (χ2v) is 6.47. The van der Waals surface area contributed by atoms with Crippen LogP contribution in [0, 0.1) is 17.1 Å². The van der Waals surface area contributed by atoms with Crippen molar-refractivity contribution < 1.29 is 9.18 Å². The minimum absolute atomic E-state index is 0.126. The Morgan fingerprint density at radius 1 is 1.17 bits per heavy atom. The Balaban J connectivity index is 1.88. The van der Waals surface area contributed by atoms with E-state index in [2.05, 4.69) is 11.4 Å². The highest BCUT2D eigenvalue weighted by atomic mass is 32.2. The smallest absolute Gasteiger partial charge is 0.225 e. The van der Waals surface area contributed by atoms with Gasteiger partial charge in [0.25, 0.3) is 0 Å². The van der Waals surface area contributed by atoms with Crippen LogP contribution in [0.4, 0.5) is 4.39 Å². The molecule has 0 radical (unpaired) electrons. The van der Waals surface area contributed by atoms with Gasteiger partial charge in [-0.2, -0.15) is 5.26 Å². The summed E-state index contributed by atoms with van der Waals surface area (Å²) in [6, 6.07) is 18.1. The topological polar surface area (TPSA) is 52.9 Å². The molecule has 3 rings (SSSR count). The molecule has 24 heavy (non-hydrogen) atoms. The molecule has 0 aromatic heterocycles. The maximum atomic E-state index is 13.1. The molecule has 1 N–H and O–H groups in total. The van der Waals surface area contributed by atoms with Crippen molar-refractivity contribution in [1.82, 2.24) is 5.32 Å². The molecule has 0 bridgehead atoms. The summed E-state index contributed by atoms with van der Waals surface area (Å²) >= 11 is 1.44. The van der Waals surface area contributed by atoms with Crippen molar-refractivity contribution in [2.45, 2.75) is 18.1 Å². The van der Waals surface area contributed by atoms with E-state index >= 15 is 0 Å². The molecular weight excluding hydrogens is 323 g/mol. The van der Waals surface area contributed by atoms with Crippen LogP contribution in [-0.4, -0.2) is 5.91 Å². The molecule has 0 aliphatic carbocycles. The van der Waals surface area contributed by atoms with E-state index in [9.17, 15) is 14.4 Å². The van der Waals surface area contributed by atoms with Gasteiger partial charge in [-0.1, -0.05) is 42.5 Å². The number of carbonyl (C=O) groups is 1. The fourth-order valence-electron chi connectivity index (χ4n) is 2.64. The molecule has 1 heterocycles. The van der Waals surface area contributed by atoms with Crippen LogP contribution in [-0.2, 0) is 10.5 Å². The van der Waals surface area contributed by atoms with Gasteiger partial charge in [0.05, 0.1) is 16.7 Å². The molecule has 2 aromatic carbocycles. The zero-order valence-electron chi connectivity index (χ0n) is 12.8.